The molecule has 0 aliphatic carbocycles. The predicted molar refractivity (Wildman–Crippen MR) is 122 cm³/mol. The highest BCUT2D eigenvalue weighted by atomic mass is 16.6. The number of aryl methyl sites for hydroxylation is 1. The molecule has 1 aliphatic rings. The molecule has 4 aromatic rings. The van der Waals surface area contributed by atoms with Crippen LogP contribution in [0.2, 0.25) is 0 Å². The molecule has 3 aromatic carbocycles. The highest BCUT2D eigenvalue weighted by molar-refractivity contribution is 6.14. The van der Waals surface area contributed by atoms with Crippen LogP contribution in [0.5, 0.6) is 11.5 Å². The van der Waals surface area contributed by atoms with Gasteiger partial charge in [0, 0.05) is 22.7 Å². The molecule has 5 heteroatoms. The molecule has 5 rings (SSSR count). The topological polar surface area (TPSA) is 60.5 Å². The molecule has 31 heavy (non-hydrogen) atoms. The molecule has 1 N–H and O–H groups in total. The second-order valence-electron chi connectivity index (χ2n) is 7.66. The van der Waals surface area contributed by atoms with E-state index in [2.05, 4.69) is 24.4 Å². The number of amides is 1. The van der Waals surface area contributed by atoms with Crippen molar-refractivity contribution in [2.45, 2.75) is 13.8 Å². The first-order valence-electron chi connectivity index (χ1n) is 10.3. The van der Waals surface area contributed by atoms with Crippen molar-refractivity contribution in [3.8, 4) is 22.8 Å². The molecule has 0 fully saturated rings. The number of hydrogen-bond acceptors (Lipinski definition) is 4. The molecular weight excluding hydrogens is 388 g/mol. The molecule has 0 saturated heterocycles. The third-order valence-electron chi connectivity index (χ3n) is 5.49. The van der Waals surface area contributed by atoms with Crippen LogP contribution < -0.4 is 14.8 Å². The predicted octanol–water partition coefficient (Wildman–Crippen LogP) is 5.54. The fourth-order valence-electron chi connectivity index (χ4n) is 3.91. The Hall–Kier alpha value is -3.86. The van der Waals surface area contributed by atoms with Gasteiger partial charge in [-0.25, -0.2) is 4.98 Å². The normalized spacial score (nSPS) is 12.6. The second kappa shape index (κ2) is 7.76. The van der Waals surface area contributed by atoms with Crippen molar-refractivity contribution in [1.82, 2.24) is 4.98 Å². The van der Waals surface area contributed by atoms with Gasteiger partial charge in [-0.1, -0.05) is 48.0 Å². The van der Waals surface area contributed by atoms with Crippen LogP contribution in [0.4, 0.5) is 5.69 Å². The van der Waals surface area contributed by atoms with Gasteiger partial charge in [0.25, 0.3) is 5.91 Å². The molecule has 0 unspecified atom stereocenters. The second-order valence-corrected chi connectivity index (χ2v) is 7.66. The molecular formula is C26H22N2O3. The maximum absolute atomic E-state index is 13.4. The zero-order chi connectivity index (χ0) is 21.4. The van der Waals surface area contributed by atoms with Gasteiger partial charge in [-0.05, 0) is 37.6 Å². The quantitative estimate of drug-likeness (QED) is 0.482. The van der Waals surface area contributed by atoms with E-state index in [4.69, 9.17) is 14.5 Å². The van der Waals surface area contributed by atoms with E-state index in [0.717, 1.165) is 27.7 Å². The molecule has 0 bridgehead atoms. The smallest absolute Gasteiger partial charge is 0.256 e. The maximum atomic E-state index is 13.4. The Kier molecular flexibility index (Phi) is 4.79. The Morgan fingerprint density at radius 2 is 1.65 bits per heavy atom. The van der Waals surface area contributed by atoms with E-state index in [1.54, 1.807) is 6.07 Å². The minimum atomic E-state index is -0.180. The lowest BCUT2D eigenvalue weighted by Crippen LogP contribution is -2.17. The average molecular weight is 410 g/mol. The Bertz CT molecular complexity index is 1300. The monoisotopic (exact) mass is 410 g/mol. The van der Waals surface area contributed by atoms with Gasteiger partial charge in [-0.2, -0.15) is 0 Å². The third-order valence-corrected chi connectivity index (χ3v) is 5.49. The number of ether oxygens (including phenoxy) is 2. The van der Waals surface area contributed by atoms with E-state index in [1.165, 1.54) is 5.56 Å². The van der Waals surface area contributed by atoms with Crippen LogP contribution in [0, 0.1) is 13.8 Å². The number of benzene rings is 3. The van der Waals surface area contributed by atoms with Crippen LogP contribution in [0.3, 0.4) is 0 Å². The van der Waals surface area contributed by atoms with Gasteiger partial charge in [-0.15, -0.1) is 0 Å². The van der Waals surface area contributed by atoms with Gasteiger partial charge < -0.3 is 14.8 Å². The van der Waals surface area contributed by atoms with Crippen molar-refractivity contribution < 1.29 is 14.3 Å². The number of carbonyl (C=O) groups is 1. The number of carbonyl (C=O) groups excluding carboxylic acids is 1. The van der Waals surface area contributed by atoms with E-state index >= 15 is 0 Å². The summed E-state index contributed by atoms with van der Waals surface area (Å²) in [6.07, 6.45) is 0. The number of rotatable bonds is 3. The SMILES string of the molecule is Cc1ccc(-c2nc3ccccc3c(C(=O)Nc3ccc4c(c3)OCCO4)c2C)cc1. The van der Waals surface area contributed by atoms with E-state index in [0.29, 0.717) is 36.0 Å². The summed E-state index contributed by atoms with van der Waals surface area (Å²) in [7, 11) is 0. The van der Waals surface area contributed by atoms with Gasteiger partial charge in [0.15, 0.2) is 11.5 Å². The first kappa shape index (κ1) is 19.1. The summed E-state index contributed by atoms with van der Waals surface area (Å²) in [5.74, 6) is 1.15. The average Bonchev–Trinajstić information content (AvgIpc) is 2.79. The van der Waals surface area contributed by atoms with Gasteiger partial charge in [0.05, 0.1) is 16.8 Å². The molecule has 154 valence electrons. The lowest BCUT2D eigenvalue weighted by Gasteiger charge is -2.19. The van der Waals surface area contributed by atoms with Crippen LogP contribution in [0.1, 0.15) is 21.5 Å². The van der Waals surface area contributed by atoms with E-state index in [-0.39, 0.29) is 5.91 Å². The molecule has 0 atom stereocenters. The Labute approximate surface area is 180 Å². The minimum Gasteiger partial charge on any atom is -0.486 e. The van der Waals surface area contributed by atoms with E-state index in [1.807, 2.05) is 55.5 Å². The fraction of sp³-hybridized carbons (Fsp3) is 0.154. The number of nitrogens with one attached hydrogen (secondary N) is 1. The Morgan fingerprint density at radius 3 is 2.45 bits per heavy atom. The summed E-state index contributed by atoms with van der Waals surface area (Å²) in [5, 5.41) is 3.85. The summed E-state index contributed by atoms with van der Waals surface area (Å²) in [5.41, 5.74) is 5.89. The highest BCUT2D eigenvalue weighted by Crippen LogP contribution is 2.34. The molecule has 5 nitrogen and oxygen atoms in total. The van der Waals surface area contributed by atoms with Crippen LogP contribution >= 0.6 is 0 Å². The van der Waals surface area contributed by atoms with Crippen molar-refractivity contribution in [1.29, 1.82) is 0 Å². The molecule has 0 radical (unpaired) electrons. The molecule has 2 heterocycles. The summed E-state index contributed by atoms with van der Waals surface area (Å²) in [4.78, 5) is 18.3. The zero-order valence-electron chi connectivity index (χ0n) is 17.4. The molecule has 1 amide bonds. The summed E-state index contributed by atoms with van der Waals surface area (Å²) < 4.78 is 11.2. The largest absolute Gasteiger partial charge is 0.486 e. The first-order chi connectivity index (χ1) is 15.1. The summed E-state index contributed by atoms with van der Waals surface area (Å²) in [6.45, 7) is 5.03. The number of anilines is 1. The molecule has 1 aromatic heterocycles. The van der Waals surface area contributed by atoms with Crippen LogP contribution in [-0.4, -0.2) is 24.1 Å². The highest BCUT2D eigenvalue weighted by Gasteiger charge is 2.20. The van der Waals surface area contributed by atoms with Crippen molar-refractivity contribution in [3.05, 3.63) is 83.4 Å². The van der Waals surface area contributed by atoms with Crippen molar-refractivity contribution in [2.24, 2.45) is 0 Å². The molecule has 1 aliphatic heterocycles. The Balaban J connectivity index is 1.59. The number of nitrogens with zero attached hydrogens (tertiary/aromatic N) is 1. The minimum absolute atomic E-state index is 0.180. The Morgan fingerprint density at radius 1 is 0.903 bits per heavy atom. The van der Waals surface area contributed by atoms with Crippen molar-refractivity contribution in [2.75, 3.05) is 18.5 Å². The fourth-order valence-corrected chi connectivity index (χ4v) is 3.91. The third kappa shape index (κ3) is 3.59. The number of aromatic nitrogens is 1. The number of fused-ring (bicyclic) bond motifs is 2. The van der Waals surface area contributed by atoms with Crippen molar-refractivity contribution >= 4 is 22.5 Å². The van der Waals surface area contributed by atoms with Gasteiger partial charge in [0.2, 0.25) is 0 Å². The number of para-hydroxylation sites is 1. The standard InChI is InChI=1S/C26H22N2O3/c1-16-7-9-18(10-8-16)25-17(2)24(20-5-3-4-6-21(20)28-25)26(29)27-19-11-12-22-23(15-19)31-14-13-30-22/h3-12,15H,13-14H2,1-2H3,(H,27,29). The van der Waals surface area contributed by atoms with Gasteiger partial charge in [-0.3, -0.25) is 4.79 Å². The summed E-state index contributed by atoms with van der Waals surface area (Å²) in [6, 6.07) is 21.4. The maximum Gasteiger partial charge on any atom is 0.256 e. The lowest BCUT2D eigenvalue weighted by atomic mass is 9.96. The van der Waals surface area contributed by atoms with Crippen molar-refractivity contribution in [3.63, 3.8) is 0 Å². The molecule has 0 saturated carbocycles. The lowest BCUT2D eigenvalue weighted by molar-refractivity contribution is 0.102. The van der Waals surface area contributed by atoms with Gasteiger partial charge in [0.1, 0.15) is 13.2 Å². The van der Waals surface area contributed by atoms with Crippen LogP contribution in [-0.2, 0) is 0 Å². The van der Waals surface area contributed by atoms with Crippen LogP contribution in [0.15, 0.2) is 66.7 Å². The first-order valence-corrected chi connectivity index (χ1v) is 10.3. The zero-order valence-corrected chi connectivity index (χ0v) is 17.4. The van der Waals surface area contributed by atoms with E-state index in [9.17, 15) is 4.79 Å². The number of hydrogen-bond donors (Lipinski definition) is 1. The van der Waals surface area contributed by atoms with E-state index < -0.39 is 0 Å². The van der Waals surface area contributed by atoms with Gasteiger partial charge >= 0.3 is 0 Å². The number of pyridine rings is 1. The molecule has 0 spiro atoms. The van der Waals surface area contributed by atoms with Crippen LogP contribution in [0.25, 0.3) is 22.2 Å². The summed E-state index contributed by atoms with van der Waals surface area (Å²) >= 11 is 0.